The fourth-order valence-electron chi connectivity index (χ4n) is 9.04. The Hall–Kier alpha value is -1.90. The molecule has 2 atom stereocenters. The van der Waals surface area contributed by atoms with Crippen molar-refractivity contribution in [1.82, 2.24) is 0 Å². The van der Waals surface area contributed by atoms with Gasteiger partial charge in [-0.15, -0.1) is 0 Å². The molecular formula is C46H72O2SiZr. The predicted molar refractivity (Wildman–Crippen MR) is 220 cm³/mol. The fourth-order valence-corrected chi connectivity index (χ4v) is 36.3. The molecule has 0 bridgehead atoms. The van der Waals surface area contributed by atoms with E-state index in [1.807, 2.05) is 0 Å². The molecule has 276 valence electrons. The van der Waals surface area contributed by atoms with E-state index in [1.54, 1.807) is 0 Å². The third-order valence-electron chi connectivity index (χ3n) is 13.1. The quantitative estimate of drug-likeness (QED) is 0.224. The molecule has 2 aliphatic carbocycles. The van der Waals surface area contributed by atoms with Crippen molar-refractivity contribution < 1.29 is 20.9 Å². The van der Waals surface area contributed by atoms with Gasteiger partial charge in [0.2, 0.25) is 0 Å². The molecule has 0 saturated heterocycles. The molecule has 0 aliphatic heterocycles. The Morgan fingerprint density at radius 2 is 0.920 bits per heavy atom. The molecule has 4 rings (SSSR count). The Kier molecular flexibility index (Phi) is 9.44. The van der Waals surface area contributed by atoms with Gasteiger partial charge in [-0.05, 0) is 0 Å². The van der Waals surface area contributed by atoms with Gasteiger partial charge >= 0.3 is 306 Å². The third-order valence-corrected chi connectivity index (χ3v) is 39.2. The fraction of sp³-hybridized carbons (Fsp3) is 0.565. The van der Waals surface area contributed by atoms with E-state index in [0.717, 1.165) is 24.3 Å². The Labute approximate surface area is 304 Å². The first-order valence-corrected chi connectivity index (χ1v) is 34.7. The molecule has 0 amide bonds. The molecule has 2 aromatic carbocycles. The summed E-state index contributed by atoms with van der Waals surface area (Å²) in [5.74, 6) is 2.10. The maximum atomic E-state index is 8.46. The Balaban J connectivity index is 2.35. The molecule has 2 aliphatic rings. The van der Waals surface area contributed by atoms with Gasteiger partial charge in [0.15, 0.2) is 0 Å². The molecule has 0 fully saturated rings. The summed E-state index contributed by atoms with van der Waals surface area (Å²) in [5, 5.41) is 0. The van der Waals surface area contributed by atoms with Gasteiger partial charge in [-0.2, -0.15) is 0 Å². The normalized spacial score (nSPS) is 21.3. The Morgan fingerprint density at radius 1 is 0.600 bits per heavy atom. The van der Waals surface area contributed by atoms with Crippen molar-refractivity contribution in [2.75, 3.05) is 0 Å². The standard InChI is InChI=1S/2C11H16O.2C11H17.2CH3.H2Si.Zr/c2*1-8-5-6-10(12)9(7-8)11(2,3)4;2*1-5-11(3,4)10-7-6-9(2)8-10;;;;/h2*5-7,12H,1-4H3;2*7-9H,5H2,1-4H3;2*1H3;1H2;/q;;;;;;;+2/p-2. The van der Waals surface area contributed by atoms with Gasteiger partial charge in [0.25, 0.3) is 0 Å². The molecule has 4 heteroatoms. The molecule has 2 nitrogen and oxygen atoms in total. The zero-order chi connectivity index (χ0) is 38.2. The van der Waals surface area contributed by atoms with Gasteiger partial charge in [0.1, 0.15) is 0 Å². The molecule has 0 N–H and O–H groups in total. The van der Waals surface area contributed by atoms with Gasteiger partial charge in [-0.25, -0.2) is 0 Å². The van der Waals surface area contributed by atoms with Crippen LogP contribution in [-0.2, 0) is 26.1 Å². The summed E-state index contributed by atoms with van der Waals surface area (Å²) >= 11 is -6.62. The topological polar surface area (TPSA) is 18.5 Å². The van der Waals surface area contributed by atoms with E-state index in [-0.39, 0.29) is 33.5 Å². The first kappa shape index (κ1) is 40.9. The van der Waals surface area contributed by atoms with E-state index in [4.69, 9.17) is 5.63 Å². The van der Waals surface area contributed by atoms with Crippen LogP contribution < -0.4 is 5.63 Å². The van der Waals surface area contributed by atoms with Crippen molar-refractivity contribution in [2.45, 2.75) is 144 Å². The van der Waals surface area contributed by atoms with E-state index < -0.39 is 15.3 Å². The second-order valence-electron chi connectivity index (χ2n) is 21.5. The third kappa shape index (κ3) is 6.72. The minimum absolute atomic E-state index is 0.0148. The Bertz CT molecular complexity index is 1830. The average molecular weight is 776 g/mol. The van der Waals surface area contributed by atoms with E-state index in [1.165, 1.54) is 40.0 Å². The molecule has 0 spiro atoms. The minimum atomic E-state index is -6.62. The molecule has 2 aromatic rings. The monoisotopic (exact) mass is 774 g/mol. The summed E-state index contributed by atoms with van der Waals surface area (Å²) in [6.45, 7) is 39.2. The predicted octanol–water partition coefficient (Wildman–Crippen LogP) is 13.4. The first-order chi connectivity index (χ1) is 22.4. The molecule has 0 radical (unpaired) electrons. The van der Waals surface area contributed by atoms with E-state index in [9.17, 15) is 0 Å². The number of allylic oxidation sites excluding steroid dienone is 8. The van der Waals surface area contributed by atoms with Crippen molar-refractivity contribution >= 4 is 6.88 Å². The number of aryl methyl sites for hydroxylation is 2. The summed E-state index contributed by atoms with van der Waals surface area (Å²) in [5.41, 5.74) is 7.41. The first-order valence-electron chi connectivity index (χ1n) is 19.4. The number of rotatable bonds is 10. The molecular weight excluding hydrogens is 704 g/mol. The molecule has 0 heterocycles. The number of hydrogen-bond donors (Lipinski definition) is 0. The van der Waals surface area contributed by atoms with Gasteiger partial charge in [-0.3, -0.25) is 0 Å². The SMILES string of the molecule is CCC(C)(C)C1=CC(C)[C]([Zr]([CH3])([CH3])(=[SiH2])([O]c2ccc(C)cc2C(C)(C)C)([O]c2ccc(C)cc2C(C)(C)C)[C]2=CC(C(C)(C)CC)=CC2C)=C1. The molecule has 0 saturated carbocycles. The van der Waals surface area contributed by atoms with Crippen molar-refractivity contribution in [3.8, 4) is 11.5 Å². The summed E-state index contributed by atoms with van der Waals surface area (Å²) in [7, 11) is 0. The van der Waals surface area contributed by atoms with Crippen molar-refractivity contribution in [2.24, 2.45) is 22.7 Å². The summed E-state index contributed by atoms with van der Waals surface area (Å²) < 4.78 is 24.5. The summed E-state index contributed by atoms with van der Waals surface area (Å²) in [6, 6.07) is 13.6. The van der Waals surface area contributed by atoms with Crippen LogP contribution in [0, 0.1) is 36.5 Å². The second kappa shape index (κ2) is 11.5. The average Bonchev–Trinajstić information content (AvgIpc) is 3.60. The molecule has 2 unspecified atom stereocenters. The zero-order valence-electron chi connectivity index (χ0n) is 35.4. The van der Waals surface area contributed by atoms with E-state index >= 15 is 0 Å². The van der Waals surface area contributed by atoms with E-state index in [0.29, 0.717) is 0 Å². The number of hydrogen-bond acceptors (Lipinski definition) is 2. The van der Waals surface area contributed by atoms with Crippen LogP contribution in [0.2, 0.25) is 9.26 Å². The van der Waals surface area contributed by atoms with Crippen LogP contribution in [0.4, 0.5) is 0 Å². The maximum absolute atomic E-state index is 8.46. The van der Waals surface area contributed by atoms with Crippen LogP contribution >= 0.6 is 0 Å². The Morgan fingerprint density at radius 3 is 1.20 bits per heavy atom. The van der Waals surface area contributed by atoms with Gasteiger partial charge in [-0.1, -0.05) is 0 Å². The summed E-state index contributed by atoms with van der Waals surface area (Å²) in [4.78, 5) is 0. The van der Waals surface area contributed by atoms with Crippen LogP contribution in [0.3, 0.4) is 0 Å². The molecule has 50 heavy (non-hydrogen) atoms. The van der Waals surface area contributed by atoms with Crippen LogP contribution in [-0.4, -0.2) is 6.88 Å². The number of benzene rings is 2. The summed E-state index contributed by atoms with van der Waals surface area (Å²) in [6.07, 6.45) is 12.2. The van der Waals surface area contributed by atoms with Gasteiger partial charge < -0.3 is 0 Å². The van der Waals surface area contributed by atoms with Gasteiger partial charge in [0, 0.05) is 0 Å². The van der Waals surface area contributed by atoms with E-state index in [2.05, 4.69) is 188 Å². The van der Waals surface area contributed by atoms with Crippen LogP contribution in [0.5, 0.6) is 11.5 Å². The van der Waals surface area contributed by atoms with Crippen LogP contribution in [0.1, 0.15) is 132 Å². The zero-order valence-corrected chi connectivity index (χ0v) is 39.2. The second-order valence-corrected chi connectivity index (χ2v) is 62.3. The van der Waals surface area contributed by atoms with Crippen LogP contribution in [0.25, 0.3) is 0 Å². The van der Waals surface area contributed by atoms with Crippen molar-refractivity contribution in [1.29, 1.82) is 0 Å². The van der Waals surface area contributed by atoms with Gasteiger partial charge in [0.05, 0.1) is 0 Å². The van der Waals surface area contributed by atoms with Crippen LogP contribution in [0.15, 0.2) is 78.4 Å². The van der Waals surface area contributed by atoms with Crippen molar-refractivity contribution in [3.63, 3.8) is 0 Å². The van der Waals surface area contributed by atoms with Crippen molar-refractivity contribution in [3.05, 3.63) is 101 Å². The molecule has 0 aromatic heterocycles.